The Bertz CT molecular complexity index is 630. The van der Waals surface area contributed by atoms with Crippen molar-refractivity contribution in [3.63, 3.8) is 0 Å². The van der Waals surface area contributed by atoms with E-state index >= 15 is 0 Å². The number of hydrogen-bond donors (Lipinski definition) is 1. The summed E-state index contributed by atoms with van der Waals surface area (Å²) in [5, 5.41) is 2.32. The lowest BCUT2D eigenvalue weighted by atomic mass is 10.3. The fourth-order valence-electron chi connectivity index (χ4n) is 1.67. The van der Waals surface area contributed by atoms with Crippen molar-refractivity contribution in [1.29, 1.82) is 0 Å². The van der Waals surface area contributed by atoms with Gasteiger partial charge < -0.3 is 14.2 Å². The molecule has 23 heavy (non-hydrogen) atoms. The fraction of sp³-hybridized carbons (Fsp3) is 0.176. The van der Waals surface area contributed by atoms with Crippen LogP contribution in [-0.4, -0.2) is 24.9 Å². The summed E-state index contributed by atoms with van der Waals surface area (Å²) >= 11 is 0. The maximum absolute atomic E-state index is 11.7. The molecule has 0 radical (unpaired) electrons. The van der Waals surface area contributed by atoms with Crippen molar-refractivity contribution in [1.82, 2.24) is 5.32 Å². The van der Waals surface area contributed by atoms with Gasteiger partial charge in [-0.05, 0) is 31.2 Å². The summed E-state index contributed by atoms with van der Waals surface area (Å²) in [6, 6.07) is 17.5. The minimum Gasteiger partial charge on any atom is -0.479 e. The summed E-state index contributed by atoms with van der Waals surface area (Å²) in [5.41, 5.74) is 0. The van der Waals surface area contributed by atoms with E-state index in [4.69, 9.17) is 14.2 Å². The summed E-state index contributed by atoms with van der Waals surface area (Å²) in [6.07, 6.45) is -1.50. The third-order valence-corrected chi connectivity index (χ3v) is 2.77. The highest BCUT2D eigenvalue weighted by Crippen LogP contribution is 2.11. The van der Waals surface area contributed by atoms with Gasteiger partial charge in [0, 0.05) is 0 Å². The van der Waals surface area contributed by atoms with Gasteiger partial charge in [0.15, 0.2) is 12.8 Å². The number of para-hydroxylation sites is 2. The molecule has 1 N–H and O–H groups in total. The van der Waals surface area contributed by atoms with Gasteiger partial charge in [0.05, 0.1) is 0 Å². The van der Waals surface area contributed by atoms with Crippen LogP contribution in [0.3, 0.4) is 0 Å². The molecule has 1 amide bonds. The highest BCUT2D eigenvalue weighted by Gasteiger charge is 2.16. The predicted octanol–water partition coefficient (Wildman–Crippen LogP) is 2.74. The highest BCUT2D eigenvalue weighted by atomic mass is 16.6. The number of hydrogen-bond acceptors (Lipinski definition) is 5. The standard InChI is InChI=1S/C17H17NO5/c1-13(22-14-8-4-2-5-9-14)16(19)21-12-18-17(20)23-15-10-6-3-7-11-15/h2-11,13H,12H2,1H3,(H,18,20). The zero-order valence-corrected chi connectivity index (χ0v) is 12.6. The monoisotopic (exact) mass is 315 g/mol. The van der Waals surface area contributed by atoms with Crippen LogP contribution in [0.2, 0.25) is 0 Å². The first-order valence-electron chi connectivity index (χ1n) is 7.04. The molecule has 0 aliphatic carbocycles. The number of esters is 1. The van der Waals surface area contributed by atoms with E-state index in [0.717, 1.165) is 0 Å². The number of amides is 1. The Balaban J connectivity index is 1.69. The van der Waals surface area contributed by atoms with Gasteiger partial charge in [0.1, 0.15) is 11.5 Å². The second kappa shape index (κ2) is 8.43. The number of ether oxygens (including phenoxy) is 3. The molecule has 6 heteroatoms. The molecule has 2 aromatic carbocycles. The van der Waals surface area contributed by atoms with Gasteiger partial charge in [-0.25, -0.2) is 9.59 Å². The number of carbonyl (C=O) groups excluding carboxylic acids is 2. The SMILES string of the molecule is CC(Oc1ccccc1)C(=O)OCNC(=O)Oc1ccccc1. The first-order valence-corrected chi connectivity index (χ1v) is 7.04. The van der Waals surface area contributed by atoms with E-state index in [1.165, 1.54) is 0 Å². The summed E-state index contributed by atoms with van der Waals surface area (Å²) in [4.78, 5) is 23.2. The zero-order chi connectivity index (χ0) is 16.5. The molecule has 0 fully saturated rings. The van der Waals surface area contributed by atoms with E-state index < -0.39 is 18.2 Å². The van der Waals surface area contributed by atoms with Gasteiger partial charge >= 0.3 is 12.1 Å². The minimum absolute atomic E-state index is 0.299. The third-order valence-electron chi connectivity index (χ3n) is 2.77. The lowest BCUT2D eigenvalue weighted by Crippen LogP contribution is -2.34. The largest absolute Gasteiger partial charge is 0.479 e. The summed E-state index contributed by atoms with van der Waals surface area (Å²) in [5.74, 6) is 0.374. The molecule has 2 rings (SSSR count). The van der Waals surface area contributed by atoms with E-state index in [9.17, 15) is 9.59 Å². The molecule has 0 aliphatic rings. The van der Waals surface area contributed by atoms with E-state index in [1.54, 1.807) is 61.5 Å². The van der Waals surface area contributed by atoms with Crippen molar-refractivity contribution in [3.05, 3.63) is 60.7 Å². The van der Waals surface area contributed by atoms with Crippen LogP contribution in [0.15, 0.2) is 60.7 Å². The van der Waals surface area contributed by atoms with Crippen LogP contribution in [0.1, 0.15) is 6.92 Å². The topological polar surface area (TPSA) is 73.9 Å². The van der Waals surface area contributed by atoms with E-state index in [1.807, 2.05) is 6.07 Å². The molecule has 0 aromatic heterocycles. The molecule has 0 spiro atoms. The van der Waals surface area contributed by atoms with E-state index in [-0.39, 0.29) is 6.73 Å². The van der Waals surface area contributed by atoms with E-state index in [2.05, 4.69) is 5.32 Å². The molecular weight excluding hydrogens is 298 g/mol. The van der Waals surface area contributed by atoms with Crippen LogP contribution in [0.4, 0.5) is 4.79 Å². The smallest absolute Gasteiger partial charge is 0.415 e. The number of nitrogens with one attached hydrogen (secondary N) is 1. The van der Waals surface area contributed by atoms with Crippen molar-refractivity contribution in [3.8, 4) is 11.5 Å². The Hall–Kier alpha value is -3.02. The molecule has 120 valence electrons. The lowest BCUT2D eigenvalue weighted by molar-refractivity contribution is -0.151. The first-order chi connectivity index (χ1) is 11.1. The quantitative estimate of drug-likeness (QED) is 0.655. The second-order valence-electron chi connectivity index (χ2n) is 4.56. The normalized spacial score (nSPS) is 11.2. The number of benzene rings is 2. The maximum Gasteiger partial charge on any atom is 0.415 e. The van der Waals surface area contributed by atoms with Crippen molar-refractivity contribution in [2.24, 2.45) is 0 Å². The Morgan fingerprint density at radius 2 is 1.52 bits per heavy atom. The maximum atomic E-state index is 11.7. The van der Waals surface area contributed by atoms with E-state index in [0.29, 0.717) is 11.5 Å². The lowest BCUT2D eigenvalue weighted by Gasteiger charge is -2.14. The molecule has 1 unspecified atom stereocenters. The van der Waals surface area contributed by atoms with Crippen molar-refractivity contribution < 1.29 is 23.8 Å². The van der Waals surface area contributed by atoms with Crippen LogP contribution in [0.5, 0.6) is 11.5 Å². The average Bonchev–Trinajstić information content (AvgIpc) is 2.56. The van der Waals surface area contributed by atoms with Crippen molar-refractivity contribution in [2.75, 3.05) is 6.73 Å². The van der Waals surface area contributed by atoms with Crippen LogP contribution in [0, 0.1) is 0 Å². The number of carbonyl (C=O) groups is 2. The van der Waals surface area contributed by atoms with Gasteiger partial charge in [-0.1, -0.05) is 36.4 Å². The molecule has 0 bridgehead atoms. The molecule has 0 heterocycles. The van der Waals surface area contributed by atoms with Gasteiger partial charge in [-0.3, -0.25) is 5.32 Å². The molecule has 6 nitrogen and oxygen atoms in total. The minimum atomic E-state index is -0.788. The number of rotatable bonds is 6. The Morgan fingerprint density at radius 3 is 2.13 bits per heavy atom. The van der Waals surface area contributed by atoms with Crippen molar-refractivity contribution >= 4 is 12.1 Å². The Kier molecular flexibility index (Phi) is 5.99. The summed E-state index contributed by atoms with van der Waals surface area (Å²) in [7, 11) is 0. The molecule has 0 saturated heterocycles. The Labute approximate surface area is 134 Å². The summed E-state index contributed by atoms with van der Waals surface area (Å²) < 4.78 is 15.3. The molecular formula is C17H17NO5. The fourth-order valence-corrected chi connectivity index (χ4v) is 1.67. The van der Waals surface area contributed by atoms with Crippen molar-refractivity contribution in [2.45, 2.75) is 13.0 Å². The van der Waals surface area contributed by atoms with Gasteiger partial charge in [0.25, 0.3) is 0 Å². The van der Waals surface area contributed by atoms with Gasteiger partial charge in [-0.15, -0.1) is 0 Å². The summed E-state index contributed by atoms with van der Waals surface area (Å²) in [6.45, 7) is 1.27. The highest BCUT2D eigenvalue weighted by molar-refractivity contribution is 5.75. The van der Waals surface area contributed by atoms with Crippen LogP contribution in [0.25, 0.3) is 0 Å². The van der Waals surface area contributed by atoms with Crippen LogP contribution < -0.4 is 14.8 Å². The molecule has 1 atom stereocenters. The van der Waals surface area contributed by atoms with Crippen LogP contribution >= 0.6 is 0 Å². The third kappa shape index (κ3) is 5.70. The molecule has 0 saturated carbocycles. The first kappa shape index (κ1) is 16.4. The zero-order valence-electron chi connectivity index (χ0n) is 12.6. The molecule has 2 aromatic rings. The van der Waals surface area contributed by atoms with Gasteiger partial charge in [-0.2, -0.15) is 0 Å². The average molecular weight is 315 g/mol. The van der Waals surface area contributed by atoms with Crippen LogP contribution in [-0.2, 0) is 9.53 Å². The van der Waals surface area contributed by atoms with Gasteiger partial charge in [0.2, 0.25) is 0 Å². The molecule has 0 aliphatic heterocycles. The predicted molar refractivity (Wildman–Crippen MR) is 83.1 cm³/mol. The Morgan fingerprint density at radius 1 is 0.957 bits per heavy atom. The second-order valence-corrected chi connectivity index (χ2v) is 4.56.